The molecule has 2 aromatic carbocycles. The average molecular weight is 363 g/mol. The number of nitriles is 1. The highest BCUT2D eigenvalue weighted by Crippen LogP contribution is 2.28. The Morgan fingerprint density at radius 1 is 1.25 bits per heavy atom. The summed E-state index contributed by atoms with van der Waals surface area (Å²) in [5.74, 6) is 0.0879. The molecule has 0 spiro atoms. The van der Waals surface area contributed by atoms with Crippen molar-refractivity contribution in [2.45, 2.75) is 19.6 Å². The molecule has 4 nitrogen and oxygen atoms in total. The third-order valence-corrected chi connectivity index (χ3v) is 3.87. The number of halogens is 2. The van der Waals surface area contributed by atoms with Crippen molar-refractivity contribution in [3.8, 4) is 11.8 Å². The standard InChI is InChI=1S/C18H16Cl2N2O2/c1-13(24-17-8-7-15(19)11-16(17)20)18(23)22(10-9-21)12-14-5-3-2-4-6-14/h2-8,11,13H,10,12H2,1H3. The number of carbonyl (C=O) groups is 1. The maximum absolute atomic E-state index is 12.6. The summed E-state index contributed by atoms with van der Waals surface area (Å²) in [5, 5.41) is 9.81. The van der Waals surface area contributed by atoms with Gasteiger partial charge >= 0.3 is 0 Å². The van der Waals surface area contributed by atoms with E-state index in [0.717, 1.165) is 5.56 Å². The number of hydrogen-bond acceptors (Lipinski definition) is 3. The Morgan fingerprint density at radius 3 is 2.58 bits per heavy atom. The van der Waals surface area contributed by atoms with E-state index in [9.17, 15) is 4.79 Å². The van der Waals surface area contributed by atoms with Crippen molar-refractivity contribution in [3.63, 3.8) is 0 Å². The third-order valence-electron chi connectivity index (χ3n) is 3.33. The van der Waals surface area contributed by atoms with Gasteiger partial charge in [0.15, 0.2) is 6.10 Å². The lowest BCUT2D eigenvalue weighted by molar-refractivity contribution is -0.137. The largest absolute Gasteiger partial charge is 0.479 e. The fraction of sp³-hybridized carbons (Fsp3) is 0.222. The van der Waals surface area contributed by atoms with Crippen molar-refractivity contribution in [2.24, 2.45) is 0 Å². The minimum Gasteiger partial charge on any atom is -0.479 e. The van der Waals surface area contributed by atoms with E-state index in [1.54, 1.807) is 25.1 Å². The van der Waals surface area contributed by atoms with E-state index in [0.29, 0.717) is 22.3 Å². The van der Waals surface area contributed by atoms with Crippen LogP contribution in [0.1, 0.15) is 12.5 Å². The average Bonchev–Trinajstić information content (AvgIpc) is 2.57. The minimum atomic E-state index is -0.777. The van der Waals surface area contributed by atoms with Crippen molar-refractivity contribution in [2.75, 3.05) is 6.54 Å². The molecule has 0 aliphatic rings. The molecular weight excluding hydrogens is 347 g/mol. The molecule has 0 bridgehead atoms. The highest BCUT2D eigenvalue weighted by molar-refractivity contribution is 6.35. The first-order chi connectivity index (χ1) is 11.5. The Kier molecular flexibility index (Phi) is 6.48. The molecule has 2 aromatic rings. The highest BCUT2D eigenvalue weighted by atomic mass is 35.5. The number of benzene rings is 2. The van der Waals surface area contributed by atoms with Crippen LogP contribution in [-0.4, -0.2) is 23.5 Å². The van der Waals surface area contributed by atoms with Crippen LogP contribution in [0.5, 0.6) is 5.75 Å². The predicted molar refractivity (Wildman–Crippen MR) is 94.0 cm³/mol. The zero-order valence-electron chi connectivity index (χ0n) is 13.1. The molecule has 1 amide bonds. The first kappa shape index (κ1) is 18.1. The molecule has 0 fully saturated rings. The van der Waals surface area contributed by atoms with Gasteiger partial charge in [-0.3, -0.25) is 4.79 Å². The van der Waals surface area contributed by atoms with E-state index in [2.05, 4.69) is 0 Å². The molecule has 124 valence electrons. The van der Waals surface area contributed by atoms with Gasteiger partial charge in [0.2, 0.25) is 0 Å². The molecule has 1 unspecified atom stereocenters. The van der Waals surface area contributed by atoms with Crippen LogP contribution in [0.2, 0.25) is 10.0 Å². The highest BCUT2D eigenvalue weighted by Gasteiger charge is 2.23. The zero-order chi connectivity index (χ0) is 17.5. The summed E-state index contributed by atoms with van der Waals surface area (Å²) >= 11 is 11.9. The second-order valence-corrected chi connectivity index (χ2v) is 6.02. The van der Waals surface area contributed by atoms with Gasteiger partial charge in [-0.15, -0.1) is 0 Å². The topological polar surface area (TPSA) is 53.3 Å². The van der Waals surface area contributed by atoms with E-state index in [-0.39, 0.29) is 12.5 Å². The van der Waals surface area contributed by atoms with Crippen molar-refractivity contribution < 1.29 is 9.53 Å². The molecule has 2 rings (SSSR count). The van der Waals surface area contributed by atoms with Crippen molar-refractivity contribution >= 4 is 29.1 Å². The summed E-state index contributed by atoms with van der Waals surface area (Å²) in [4.78, 5) is 14.0. The number of amides is 1. The first-order valence-corrected chi connectivity index (χ1v) is 8.08. The SMILES string of the molecule is CC(Oc1ccc(Cl)cc1Cl)C(=O)N(CC#N)Cc1ccccc1. The van der Waals surface area contributed by atoms with Crippen LogP contribution in [0.15, 0.2) is 48.5 Å². The second-order valence-electron chi connectivity index (χ2n) is 5.17. The molecule has 0 aliphatic carbocycles. The predicted octanol–water partition coefficient (Wildman–Crippen LogP) is 4.31. The van der Waals surface area contributed by atoms with Crippen molar-refractivity contribution in [3.05, 3.63) is 64.1 Å². The van der Waals surface area contributed by atoms with Gasteiger partial charge in [0.05, 0.1) is 11.1 Å². The zero-order valence-corrected chi connectivity index (χ0v) is 14.6. The van der Waals surface area contributed by atoms with Crippen LogP contribution in [0.25, 0.3) is 0 Å². The Labute approximate surface area is 151 Å². The molecule has 1 atom stereocenters. The lowest BCUT2D eigenvalue weighted by atomic mass is 10.2. The molecule has 6 heteroatoms. The van der Waals surface area contributed by atoms with Crippen LogP contribution in [-0.2, 0) is 11.3 Å². The summed E-state index contributed by atoms with van der Waals surface area (Å²) < 4.78 is 5.64. The summed E-state index contributed by atoms with van der Waals surface area (Å²) in [6, 6.07) is 16.3. The molecule has 0 N–H and O–H groups in total. The van der Waals surface area contributed by atoms with Crippen LogP contribution in [0.3, 0.4) is 0 Å². The van der Waals surface area contributed by atoms with Gasteiger partial charge in [-0.2, -0.15) is 5.26 Å². The van der Waals surface area contributed by atoms with Crippen molar-refractivity contribution in [1.29, 1.82) is 5.26 Å². The molecule has 0 aliphatic heterocycles. The Hall–Kier alpha value is -2.22. The number of hydrogen-bond donors (Lipinski definition) is 0. The molecule has 0 saturated heterocycles. The van der Waals surface area contributed by atoms with E-state index in [1.807, 2.05) is 36.4 Å². The van der Waals surface area contributed by atoms with Gasteiger partial charge < -0.3 is 9.64 Å². The molecule has 0 aromatic heterocycles. The summed E-state index contributed by atoms with van der Waals surface area (Å²) in [5.41, 5.74) is 0.942. The Balaban J connectivity index is 2.09. The number of carbonyl (C=O) groups excluding carboxylic acids is 1. The number of ether oxygens (including phenoxy) is 1. The van der Waals surface area contributed by atoms with Crippen LogP contribution >= 0.6 is 23.2 Å². The van der Waals surface area contributed by atoms with Gasteiger partial charge in [0.1, 0.15) is 12.3 Å². The Morgan fingerprint density at radius 2 is 1.96 bits per heavy atom. The molecular formula is C18H16Cl2N2O2. The lowest BCUT2D eigenvalue weighted by Gasteiger charge is -2.24. The van der Waals surface area contributed by atoms with Gasteiger partial charge in [0.25, 0.3) is 5.91 Å². The van der Waals surface area contributed by atoms with Gasteiger partial charge in [0, 0.05) is 11.6 Å². The van der Waals surface area contributed by atoms with Crippen LogP contribution in [0, 0.1) is 11.3 Å². The lowest BCUT2D eigenvalue weighted by Crippen LogP contribution is -2.40. The van der Waals surface area contributed by atoms with Crippen LogP contribution in [0.4, 0.5) is 0 Å². The van der Waals surface area contributed by atoms with Gasteiger partial charge in [-0.25, -0.2) is 0 Å². The third kappa shape index (κ3) is 4.89. The maximum Gasteiger partial charge on any atom is 0.264 e. The molecule has 0 radical (unpaired) electrons. The summed E-state index contributed by atoms with van der Waals surface area (Å²) in [7, 11) is 0. The fourth-order valence-corrected chi connectivity index (χ4v) is 2.62. The smallest absolute Gasteiger partial charge is 0.264 e. The maximum atomic E-state index is 12.6. The number of rotatable bonds is 6. The van der Waals surface area contributed by atoms with Gasteiger partial charge in [-0.05, 0) is 30.7 Å². The van der Waals surface area contributed by atoms with Gasteiger partial charge in [-0.1, -0.05) is 53.5 Å². The molecule has 0 heterocycles. The molecule has 0 saturated carbocycles. The number of nitrogens with zero attached hydrogens (tertiary/aromatic N) is 2. The Bertz CT molecular complexity index is 744. The van der Waals surface area contributed by atoms with Crippen molar-refractivity contribution in [1.82, 2.24) is 4.90 Å². The van der Waals surface area contributed by atoms with E-state index in [1.165, 1.54) is 4.90 Å². The quantitative estimate of drug-likeness (QED) is 0.719. The van der Waals surface area contributed by atoms with E-state index < -0.39 is 6.10 Å². The summed E-state index contributed by atoms with van der Waals surface area (Å²) in [6.45, 7) is 1.95. The fourth-order valence-electron chi connectivity index (χ4n) is 2.17. The first-order valence-electron chi connectivity index (χ1n) is 7.32. The normalized spacial score (nSPS) is 11.4. The minimum absolute atomic E-state index is 0.0181. The van der Waals surface area contributed by atoms with E-state index in [4.69, 9.17) is 33.2 Å². The summed E-state index contributed by atoms with van der Waals surface area (Å²) in [6.07, 6.45) is -0.777. The van der Waals surface area contributed by atoms with E-state index >= 15 is 0 Å². The monoisotopic (exact) mass is 362 g/mol. The second kappa shape index (κ2) is 8.58. The van der Waals surface area contributed by atoms with Crippen LogP contribution < -0.4 is 4.74 Å². The molecule has 24 heavy (non-hydrogen) atoms.